The molecule has 9 nitrogen and oxygen atoms in total. The zero-order valence-electron chi connectivity index (χ0n) is 21.2. The molecule has 1 atom stereocenters. The summed E-state index contributed by atoms with van der Waals surface area (Å²) >= 11 is 5.90. The highest BCUT2D eigenvalue weighted by atomic mass is 35.5. The molecule has 204 valence electrons. The molecule has 12 heteroatoms. The van der Waals surface area contributed by atoms with E-state index >= 15 is 0 Å². The van der Waals surface area contributed by atoms with Crippen molar-refractivity contribution < 1.29 is 27.1 Å². The largest absolute Gasteiger partial charge is 0.463 e. The van der Waals surface area contributed by atoms with E-state index < -0.39 is 27.9 Å². The minimum absolute atomic E-state index is 0.146. The third kappa shape index (κ3) is 5.85. The van der Waals surface area contributed by atoms with Crippen molar-refractivity contribution in [1.82, 2.24) is 19.4 Å². The van der Waals surface area contributed by atoms with Gasteiger partial charge in [-0.3, -0.25) is 9.80 Å². The summed E-state index contributed by atoms with van der Waals surface area (Å²) in [7, 11) is -3.68. The molecule has 1 fully saturated rings. The van der Waals surface area contributed by atoms with Crippen molar-refractivity contribution in [1.29, 1.82) is 0 Å². The summed E-state index contributed by atoms with van der Waals surface area (Å²) in [6, 6.07) is 10.5. The van der Waals surface area contributed by atoms with Crippen molar-refractivity contribution in [3.8, 4) is 0 Å². The Kier molecular flexibility index (Phi) is 8.71. The fourth-order valence-corrected chi connectivity index (χ4v) is 6.21. The molecule has 2 amide bonds. The molecule has 0 radical (unpaired) electrons. The molecule has 0 unspecified atom stereocenters. The summed E-state index contributed by atoms with van der Waals surface area (Å²) in [5.74, 6) is -1.00. The van der Waals surface area contributed by atoms with Gasteiger partial charge in [0.1, 0.15) is 5.82 Å². The molecule has 0 saturated carbocycles. The van der Waals surface area contributed by atoms with Gasteiger partial charge >= 0.3 is 12.0 Å². The van der Waals surface area contributed by atoms with Gasteiger partial charge in [-0.15, -0.1) is 0 Å². The topological polar surface area (TPSA) is 99.3 Å². The maximum absolute atomic E-state index is 13.6. The molecular formula is C26H30ClFN4O5S. The molecule has 2 aliphatic heterocycles. The highest BCUT2D eigenvalue weighted by Gasteiger charge is 2.39. The molecule has 4 rings (SSSR count). The number of halogens is 2. The molecule has 1 N–H and O–H groups in total. The van der Waals surface area contributed by atoms with Crippen molar-refractivity contribution in [3.63, 3.8) is 0 Å². The maximum atomic E-state index is 13.6. The van der Waals surface area contributed by atoms with Crippen LogP contribution in [0, 0.1) is 5.82 Å². The summed E-state index contributed by atoms with van der Waals surface area (Å²) < 4.78 is 46.5. The first-order valence-corrected chi connectivity index (χ1v) is 14.2. The number of esters is 1. The Balaban J connectivity index is 1.61. The Bertz CT molecular complexity index is 1310. The highest BCUT2D eigenvalue weighted by Crippen LogP contribution is 2.32. The van der Waals surface area contributed by atoms with Gasteiger partial charge < -0.3 is 10.1 Å². The normalized spacial score (nSPS) is 19.4. The number of benzene rings is 2. The first-order chi connectivity index (χ1) is 18.1. The fourth-order valence-electron chi connectivity index (χ4n) is 4.66. The average Bonchev–Trinajstić information content (AvgIpc) is 2.89. The number of carbonyl (C=O) groups is 2. The summed E-state index contributed by atoms with van der Waals surface area (Å²) in [6.07, 6.45) is 0. The van der Waals surface area contributed by atoms with Gasteiger partial charge in [0.2, 0.25) is 10.0 Å². The van der Waals surface area contributed by atoms with Crippen LogP contribution in [0.1, 0.15) is 25.5 Å². The number of urea groups is 1. The number of sulfonamides is 1. The van der Waals surface area contributed by atoms with Crippen LogP contribution < -0.4 is 5.32 Å². The van der Waals surface area contributed by atoms with E-state index in [0.29, 0.717) is 35.9 Å². The summed E-state index contributed by atoms with van der Waals surface area (Å²) in [6.45, 7) is 5.47. The predicted octanol–water partition coefficient (Wildman–Crippen LogP) is 3.39. The van der Waals surface area contributed by atoms with Crippen LogP contribution in [0.15, 0.2) is 64.7 Å². The standard InChI is InChI=1S/C26H30ClFN4O5S/c1-3-32-22(17-30-13-15-31(16-14-30)38(35,36)21-11-7-19(27)8-12-21)23(25(33)37-4-2)24(29-26(32)34)18-5-9-20(28)10-6-18/h5-12,24H,3-4,13-17H2,1-2H3,(H,29,34)/t24-/m0/s1. The van der Waals surface area contributed by atoms with Gasteiger partial charge in [0.05, 0.1) is 23.1 Å². The number of ether oxygens (including phenoxy) is 1. The number of nitrogens with zero attached hydrogens (tertiary/aromatic N) is 3. The Morgan fingerprint density at radius 2 is 1.68 bits per heavy atom. The van der Waals surface area contributed by atoms with Crippen LogP contribution in [-0.2, 0) is 19.6 Å². The molecule has 1 saturated heterocycles. The molecule has 38 heavy (non-hydrogen) atoms. The van der Waals surface area contributed by atoms with Crippen molar-refractivity contribution in [2.45, 2.75) is 24.8 Å². The first-order valence-electron chi connectivity index (χ1n) is 12.4. The van der Waals surface area contributed by atoms with Crippen LogP contribution in [-0.4, -0.2) is 80.4 Å². The van der Waals surface area contributed by atoms with Crippen LogP contribution in [0.25, 0.3) is 0 Å². The summed E-state index contributed by atoms with van der Waals surface area (Å²) in [5, 5.41) is 3.30. The molecule has 0 aromatic heterocycles. The van der Waals surface area contributed by atoms with Gasteiger partial charge in [-0.1, -0.05) is 23.7 Å². The molecule has 2 aliphatic rings. The Labute approximate surface area is 226 Å². The SMILES string of the molecule is CCOC(=O)C1=C(CN2CCN(S(=O)(=O)c3ccc(Cl)cc3)CC2)N(CC)C(=O)N[C@H]1c1ccc(F)cc1. The second kappa shape index (κ2) is 11.8. The third-order valence-electron chi connectivity index (χ3n) is 6.61. The number of hydrogen-bond acceptors (Lipinski definition) is 6. The van der Waals surface area contributed by atoms with Gasteiger partial charge in [0, 0.05) is 50.0 Å². The molecule has 0 bridgehead atoms. The Morgan fingerprint density at radius 3 is 2.26 bits per heavy atom. The van der Waals surface area contributed by atoms with E-state index in [9.17, 15) is 22.4 Å². The van der Waals surface area contributed by atoms with E-state index in [1.165, 1.54) is 45.6 Å². The smallest absolute Gasteiger partial charge is 0.338 e. The number of piperazine rings is 1. The first kappa shape index (κ1) is 28.0. The molecule has 0 spiro atoms. The van der Waals surface area contributed by atoms with Gasteiger partial charge in [-0.05, 0) is 55.8 Å². The molecule has 0 aliphatic carbocycles. The third-order valence-corrected chi connectivity index (χ3v) is 8.77. The lowest BCUT2D eigenvalue weighted by atomic mass is 9.94. The van der Waals surface area contributed by atoms with E-state index in [1.54, 1.807) is 26.0 Å². The monoisotopic (exact) mass is 564 g/mol. The second-order valence-electron chi connectivity index (χ2n) is 8.89. The van der Waals surface area contributed by atoms with Crippen molar-refractivity contribution >= 4 is 33.6 Å². The van der Waals surface area contributed by atoms with Gasteiger partial charge in [0.25, 0.3) is 0 Å². The summed E-state index contributed by atoms with van der Waals surface area (Å²) in [5.41, 5.74) is 1.31. The number of amides is 2. The predicted molar refractivity (Wildman–Crippen MR) is 140 cm³/mol. The number of hydrogen-bond donors (Lipinski definition) is 1. The van der Waals surface area contributed by atoms with Gasteiger partial charge in [-0.2, -0.15) is 4.31 Å². The van der Waals surface area contributed by atoms with Crippen LogP contribution >= 0.6 is 11.6 Å². The number of likely N-dealkylation sites (N-methyl/N-ethyl adjacent to an activating group) is 1. The quantitative estimate of drug-likeness (QED) is 0.494. The van der Waals surface area contributed by atoms with Crippen LogP contribution in [0.2, 0.25) is 5.02 Å². The van der Waals surface area contributed by atoms with E-state index in [1.807, 2.05) is 4.90 Å². The van der Waals surface area contributed by atoms with Crippen molar-refractivity contribution in [3.05, 3.63) is 76.2 Å². The average molecular weight is 565 g/mol. The lowest BCUT2D eigenvalue weighted by molar-refractivity contribution is -0.139. The Hall–Kier alpha value is -2.99. The van der Waals surface area contributed by atoms with Gasteiger partial charge in [0.15, 0.2) is 0 Å². The molecule has 2 aromatic rings. The highest BCUT2D eigenvalue weighted by molar-refractivity contribution is 7.89. The van der Waals surface area contributed by atoms with E-state index in [-0.39, 0.29) is 42.7 Å². The van der Waals surface area contributed by atoms with E-state index in [4.69, 9.17) is 16.3 Å². The lowest BCUT2D eigenvalue weighted by Crippen LogP contribution is -2.53. The number of nitrogens with one attached hydrogen (secondary N) is 1. The van der Waals surface area contributed by atoms with Crippen molar-refractivity contribution in [2.24, 2.45) is 0 Å². The van der Waals surface area contributed by atoms with Crippen molar-refractivity contribution in [2.75, 3.05) is 45.9 Å². The zero-order chi connectivity index (χ0) is 27.4. The second-order valence-corrected chi connectivity index (χ2v) is 11.3. The van der Waals surface area contributed by atoms with Crippen LogP contribution in [0.5, 0.6) is 0 Å². The minimum Gasteiger partial charge on any atom is -0.463 e. The molecule has 2 aromatic carbocycles. The minimum atomic E-state index is -3.68. The van der Waals surface area contributed by atoms with Crippen LogP contribution in [0.4, 0.5) is 9.18 Å². The number of carbonyl (C=O) groups excluding carboxylic acids is 2. The maximum Gasteiger partial charge on any atom is 0.338 e. The molecule has 2 heterocycles. The van der Waals surface area contributed by atoms with E-state index in [0.717, 1.165) is 0 Å². The number of rotatable bonds is 8. The lowest BCUT2D eigenvalue weighted by Gasteiger charge is -2.40. The van der Waals surface area contributed by atoms with Crippen LogP contribution in [0.3, 0.4) is 0 Å². The van der Waals surface area contributed by atoms with Gasteiger partial charge in [-0.25, -0.2) is 22.4 Å². The molecular weight excluding hydrogens is 535 g/mol. The summed E-state index contributed by atoms with van der Waals surface area (Å²) in [4.78, 5) is 29.9. The van der Waals surface area contributed by atoms with E-state index in [2.05, 4.69) is 5.32 Å². The fraction of sp³-hybridized carbons (Fsp3) is 0.385. The zero-order valence-corrected chi connectivity index (χ0v) is 22.8. The Morgan fingerprint density at radius 1 is 1.05 bits per heavy atom.